The number of likely N-dealkylation sites (tertiary alicyclic amines) is 1. The van der Waals surface area contributed by atoms with Gasteiger partial charge in [-0.15, -0.1) is 0 Å². The lowest BCUT2D eigenvalue weighted by molar-refractivity contribution is -0.143. The molecule has 2 N–H and O–H groups in total. The average molecular weight is 272 g/mol. The summed E-state index contributed by atoms with van der Waals surface area (Å²) in [5.74, 6) is -1.64. The quantitative estimate of drug-likeness (QED) is 0.559. The summed E-state index contributed by atoms with van der Waals surface area (Å²) in [5, 5.41) is 11.6. The zero-order chi connectivity index (χ0) is 14.3. The highest BCUT2D eigenvalue weighted by Crippen LogP contribution is 2.16. The molecule has 1 aliphatic rings. The van der Waals surface area contributed by atoms with E-state index in [1.54, 1.807) is 0 Å². The molecule has 0 aromatic carbocycles. The van der Waals surface area contributed by atoms with Crippen molar-refractivity contribution in [3.8, 4) is 0 Å². The number of piperidine rings is 1. The SMILES string of the molecule is COC(=O)CCCNC(=O)N1CCCC(C(=O)O)C1. The predicted octanol–water partition coefficient (Wildman–Crippen LogP) is 0.446. The molecule has 1 heterocycles. The molecule has 7 nitrogen and oxygen atoms in total. The number of hydrogen-bond acceptors (Lipinski definition) is 4. The molecule has 0 radical (unpaired) electrons. The highest BCUT2D eigenvalue weighted by Gasteiger charge is 2.27. The molecule has 0 spiro atoms. The fourth-order valence-electron chi connectivity index (χ4n) is 2.01. The summed E-state index contributed by atoms with van der Waals surface area (Å²) in [6.07, 6.45) is 2.08. The number of rotatable bonds is 5. The number of ether oxygens (including phenoxy) is 1. The van der Waals surface area contributed by atoms with E-state index in [0.717, 1.165) is 0 Å². The largest absolute Gasteiger partial charge is 0.481 e. The predicted molar refractivity (Wildman–Crippen MR) is 66.6 cm³/mol. The third kappa shape index (κ3) is 5.15. The van der Waals surface area contributed by atoms with Gasteiger partial charge in [0.2, 0.25) is 0 Å². The highest BCUT2D eigenvalue weighted by atomic mass is 16.5. The molecule has 0 aliphatic carbocycles. The smallest absolute Gasteiger partial charge is 0.317 e. The van der Waals surface area contributed by atoms with Crippen molar-refractivity contribution in [1.29, 1.82) is 0 Å². The van der Waals surface area contributed by atoms with Crippen molar-refractivity contribution < 1.29 is 24.2 Å². The number of esters is 1. The molecule has 1 rings (SSSR count). The summed E-state index contributed by atoms with van der Waals surface area (Å²) >= 11 is 0. The molecule has 1 saturated heterocycles. The van der Waals surface area contributed by atoms with Crippen molar-refractivity contribution in [2.45, 2.75) is 25.7 Å². The van der Waals surface area contributed by atoms with E-state index in [-0.39, 0.29) is 25.0 Å². The maximum absolute atomic E-state index is 11.8. The molecule has 7 heteroatoms. The van der Waals surface area contributed by atoms with Crippen LogP contribution in [-0.2, 0) is 14.3 Å². The van der Waals surface area contributed by atoms with Crippen LogP contribution in [0.2, 0.25) is 0 Å². The standard InChI is InChI=1S/C12H20N2O5/c1-19-10(15)5-2-6-13-12(18)14-7-3-4-9(8-14)11(16)17/h9H,2-8H2,1H3,(H,13,18)(H,16,17). The molecule has 0 bridgehead atoms. The Morgan fingerprint density at radius 2 is 2.16 bits per heavy atom. The second-order valence-corrected chi connectivity index (χ2v) is 4.54. The van der Waals surface area contributed by atoms with Crippen molar-refractivity contribution in [2.75, 3.05) is 26.7 Å². The molecular formula is C12H20N2O5. The first-order chi connectivity index (χ1) is 9.04. The number of amides is 2. The Balaban J connectivity index is 2.25. The third-order valence-electron chi connectivity index (χ3n) is 3.12. The summed E-state index contributed by atoms with van der Waals surface area (Å²) in [4.78, 5) is 35.0. The lowest BCUT2D eigenvalue weighted by atomic mass is 9.99. The van der Waals surface area contributed by atoms with Crippen LogP contribution in [-0.4, -0.2) is 54.7 Å². The number of nitrogens with one attached hydrogen (secondary N) is 1. The Morgan fingerprint density at radius 1 is 1.42 bits per heavy atom. The van der Waals surface area contributed by atoms with E-state index in [1.165, 1.54) is 12.0 Å². The van der Waals surface area contributed by atoms with E-state index < -0.39 is 11.9 Å². The second kappa shape index (κ2) is 7.60. The van der Waals surface area contributed by atoms with Crippen LogP contribution in [0.4, 0.5) is 4.79 Å². The Hall–Kier alpha value is -1.79. The molecule has 19 heavy (non-hydrogen) atoms. The van der Waals surface area contributed by atoms with Crippen LogP contribution in [0.25, 0.3) is 0 Å². The number of methoxy groups -OCH3 is 1. The minimum absolute atomic E-state index is 0.248. The van der Waals surface area contributed by atoms with E-state index in [0.29, 0.717) is 32.4 Å². The maximum Gasteiger partial charge on any atom is 0.317 e. The fraction of sp³-hybridized carbons (Fsp3) is 0.750. The first-order valence-corrected chi connectivity index (χ1v) is 6.37. The molecule has 0 saturated carbocycles. The maximum atomic E-state index is 11.8. The first kappa shape index (κ1) is 15.3. The van der Waals surface area contributed by atoms with Crippen molar-refractivity contribution in [3.05, 3.63) is 0 Å². The van der Waals surface area contributed by atoms with Gasteiger partial charge in [0.25, 0.3) is 0 Å². The molecule has 2 amide bonds. The van der Waals surface area contributed by atoms with Gasteiger partial charge in [0.05, 0.1) is 13.0 Å². The normalized spacial score (nSPS) is 18.8. The molecular weight excluding hydrogens is 252 g/mol. The number of carboxylic acid groups (broad SMARTS) is 1. The van der Waals surface area contributed by atoms with Gasteiger partial charge in [0.1, 0.15) is 0 Å². The highest BCUT2D eigenvalue weighted by molar-refractivity contribution is 5.76. The van der Waals surface area contributed by atoms with Crippen LogP contribution in [0.3, 0.4) is 0 Å². The number of urea groups is 1. The van der Waals surface area contributed by atoms with Crippen LogP contribution in [0.15, 0.2) is 0 Å². The van der Waals surface area contributed by atoms with Gasteiger partial charge >= 0.3 is 18.0 Å². The van der Waals surface area contributed by atoms with Crippen LogP contribution in [0.5, 0.6) is 0 Å². The van der Waals surface area contributed by atoms with Crippen molar-refractivity contribution in [3.63, 3.8) is 0 Å². The van der Waals surface area contributed by atoms with E-state index in [9.17, 15) is 14.4 Å². The minimum Gasteiger partial charge on any atom is -0.481 e. The molecule has 1 unspecified atom stereocenters. The molecule has 0 aromatic rings. The molecule has 1 aliphatic heterocycles. The number of nitrogens with zero attached hydrogens (tertiary/aromatic N) is 1. The van der Waals surface area contributed by atoms with E-state index in [4.69, 9.17) is 5.11 Å². The van der Waals surface area contributed by atoms with Gasteiger partial charge in [-0.1, -0.05) is 0 Å². The fourth-order valence-corrected chi connectivity index (χ4v) is 2.01. The summed E-state index contributed by atoms with van der Waals surface area (Å²) in [5.41, 5.74) is 0. The number of carboxylic acids is 1. The second-order valence-electron chi connectivity index (χ2n) is 4.54. The zero-order valence-corrected chi connectivity index (χ0v) is 11.1. The molecule has 1 fully saturated rings. The van der Waals surface area contributed by atoms with E-state index in [1.807, 2.05) is 0 Å². The van der Waals surface area contributed by atoms with Gasteiger partial charge in [0, 0.05) is 26.1 Å². The first-order valence-electron chi connectivity index (χ1n) is 6.37. The lowest BCUT2D eigenvalue weighted by Gasteiger charge is -2.30. The van der Waals surface area contributed by atoms with Crippen LogP contribution < -0.4 is 5.32 Å². The number of hydrogen-bond donors (Lipinski definition) is 2. The van der Waals surface area contributed by atoms with Crippen LogP contribution >= 0.6 is 0 Å². The average Bonchev–Trinajstić information content (AvgIpc) is 2.43. The zero-order valence-electron chi connectivity index (χ0n) is 11.1. The number of carbonyl (C=O) groups excluding carboxylic acids is 2. The summed E-state index contributed by atoms with van der Waals surface area (Å²) in [7, 11) is 1.32. The van der Waals surface area contributed by atoms with Gasteiger partial charge in [-0.25, -0.2) is 4.79 Å². The van der Waals surface area contributed by atoms with Crippen molar-refractivity contribution in [2.24, 2.45) is 5.92 Å². The topological polar surface area (TPSA) is 95.9 Å². The van der Waals surface area contributed by atoms with Crippen molar-refractivity contribution >= 4 is 18.0 Å². The van der Waals surface area contributed by atoms with Gasteiger partial charge in [-0.3, -0.25) is 9.59 Å². The van der Waals surface area contributed by atoms with Gasteiger partial charge < -0.3 is 20.1 Å². The number of carbonyl (C=O) groups is 3. The molecule has 0 aromatic heterocycles. The number of aliphatic carboxylic acids is 1. The van der Waals surface area contributed by atoms with E-state index in [2.05, 4.69) is 10.1 Å². The monoisotopic (exact) mass is 272 g/mol. The van der Waals surface area contributed by atoms with Crippen LogP contribution in [0, 0.1) is 5.92 Å². The molecule has 1 atom stereocenters. The Morgan fingerprint density at radius 3 is 2.79 bits per heavy atom. The van der Waals surface area contributed by atoms with Gasteiger partial charge in [-0.05, 0) is 19.3 Å². The Bertz CT molecular complexity index is 345. The third-order valence-corrected chi connectivity index (χ3v) is 3.12. The Kier molecular flexibility index (Phi) is 6.11. The molecule has 108 valence electrons. The van der Waals surface area contributed by atoms with Crippen LogP contribution in [0.1, 0.15) is 25.7 Å². The summed E-state index contributed by atoms with van der Waals surface area (Å²) in [6.45, 7) is 1.20. The van der Waals surface area contributed by atoms with E-state index >= 15 is 0 Å². The summed E-state index contributed by atoms with van der Waals surface area (Å²) in [6, 6.07) is -0.268. The lowest BCUT2D eigenvalue weighted by Crippen LogP contribution is -2.47. The summed E-state index contributed by atoms with van der Waals surface area (Å²) < 4.78 is 4.49. The minimum atomic E-state index is -0.858. The van der Waals surface area contributed by atoms with Gasteiger partial charge in [0.15, 0.2) is 0 Å². The Labute approximate surface area is 111 Å². The van der Waals surface area contributed by atoms with Crippen molar-refractivity contribution in [1.82, 2.24) is 10.2 Å². The van der Waals surface area contributed by atoms with Gasteiger partial charge in [-0.2, -0.15) is 0 Å².